The molecule has 1 spiro atoms. The molecule has 18 heavy (non-hydrogen) atoms. The van der Waals surface area contributed by atoms with E-state index in [0.717, 1.165) is 32.8 Å². The van der Waals surface area contributed by atoms with Crippen LogP contribution in [0.4, 0.5) is 0 Å². The molecule has 0 aromatic carbocycles. The number of thiophene rings is 1. The molecular formula is C14H22N2OS. The van der Waals surface area contributed by atoms with Crippen molar-refractivity contribution < 1.29 is 4.74 Å². The van der Waals surface area contributed by atoms with E-state index in [4.69, 9.17) is 4.74 Å². The van der Waals surface area contributed by atoms with Crippen molar-refractivity contribution in [1.29, 1.82) is 0 Å². The van der Waals surface area contributed by atoms with Gasteiger partial charge in [-0.25, -0.2) is 0 Å². The second kappa shape index (κ2) is 5.29. The fraction of sp³-hybridized carbons (Fsp3) is 0.714. The van der Waals surface area contributed by atoms with E-state index in [1.807, 2.05) is 11.3 Å². The number of hydrogen-bond acceptors (Lipinski definition) is 4. The molecule has 1 aromatic rings. The highest BCUT2D eigenvalue weighted by molar-refractivity contribution is 7.09. The summed E-state index contributed by atoms with van der Waals surface area (Å²) in [4.78, 5) is 6.45. The summed E-state index contributed by atoms with van der Waals surface area (Å²) >= 11 is 1.86. The summed E-state index contributed by atoms with van der Waals surface area (Å²) in [6, 6.07) is 4.38. The molecule has 0 saturated carbocycles. The lowest BCUT2D eigenvalue weighted by Gasteiger charge is -2.47. The van der Waals surface area contributed by atoms with Crippen LogP contribution < -0.4 is 0 Å². The standard InChI is InChI=1S/C14H22N2OS/c1-15-7-8-17-14(11-15)5-3-6-16(12-14)10-13-4-2-9-18-13/h2,4,9H,3,5-8,10-12H2,1H3/t14-/m1/s1. The predicted octanol–water partition coefficient (Wildman–Crippen LogP) is 2.04. The van der Waals surface area contributed by atoms with E-state index in [9.17, 15) is 0 Å². The van der Waals surface area contributed by atoms with E-state index in [2.05, 4.69) is 34.4 Å². The Hall–Kier alpha value is -0.420. The Balaban J connectivity index is 1.64. The molecule has 3 nitrogen and oxygen atoms in total. The summed E-state index contributed by atoms with van der Waals surface area (Å²) in [5, 5.41) is 2.17. The third-order valence-corrected chi connectivity index (χ3v) is 4.88. The first-order valence-corrected chi connectivity index (χ1v) is 7.71. The van der Waals surface area contributed by atoms with Crippen molar-refractivity contribution in [3.63, 3.8) is 0 Å². The first-order valence-electron chi connectivity index (χ1n) is 6.83. The molecule has 0 aliphatic carbocycles. The number of likely N-dealkylation sites (N-methyl/N-ethyl adjacent to an activating group) is 1. The third-order valence-electron chi connectivity index (χ3n) is 4.02. The molecule has 2 aliphatic heterocycles. The summed E-state index contributed by atoms with van der Waals surface area (Å²) in [6.07, 6.45) is 2.48. The van der Waals surface area contributed by atoms with Crippen molar-refractivity contribution in [2.45, 2.75) is 25.0 Å². The normalized spacial score (nSPS) is 30.9. The van der Waals surface area contributed by atoms with Crippen molar-refractivity contribution >= 4 is 11.3 Å². The SMILES string of the molecule is CN1CCO[C@]2(CCCN(Cc3cccs3)C2)C1. The van der Waals surface area contributed by atoms with Gasteiger partial charge < -0.3 is 9.64 Å². The van der Waals surface area contributed by atoms with Gasteiger partial charge in [-0.1, -0.05) is 6.07 Å². The van der Waals surface area contributed by atoms with E-state index in [-0.39, 0.29) is 5.60 Å². The fourth-order valence-electron chi connectivity index (χ4n) is 3.23. The minimum Gasteiger partial charge on any atom is -0.371 e. The lowest BCUT2D eigenvalue weighted by molar-refractivity contribution is -0.136. The van der Waals surface area contributed by atoms with Gasteiger partial charge in [-0.2, -0.15) is 0 Å². The van der Waals surface area contributed by atoms with Crippen molar-refractivity contribution in [2.75, 3.05) is 39.8 Å². The Labute approximate surface area is 113 Å². The van der Waals surface area contributed by atoms with Gasteiger partial charge in [-0.15, -0.1) is 11.3 Å². The largest absolute Gasteiger partial charge is 0.371 e. The fourth-order valence-corrected chi connectivity index (χ4v) is 3.98. The highest BCUT2D eigenvalue weighted by Gasteiger charge is 2.39. The number of nitrogens with zero attached hydrogens (tertiary/aromatic N) is 2. The van der Waals surface area contributed by atoms with Crippen LogP contribution in [-0.4, -0.2) is 55.2 Å². The number of morpholine rings is 1. The zero-order chi connectivity index (χ0) is 12.4. The summed E-state index contributed by atoms with van der Waals surface area (Å²) < 4.78 is 6.15. The molecule has 3 heterocycles. The van der Waals surface area contributed by atoms with E-state index in [0.29, 0.717) is 0 Å². The van der Waals surface area contributed by atoms with E-state index < -0.39 is 0 Å². The molecule has 0 radical (unpaired) electrons. The second-order valence-electron chi connectivity index (χ2n) is 5.66. The van der Waals surface area contributed by atoms with E-state index in [1.165, 1.54) is 24.3 Å². The number of piperidine rings is 1. The highest BCUT2D eigenvalue weighted by atomic mass is 32.1. The van der Waals surface area contributed by atoms with Gasteiger partial charge in [-0.3, -0.25) is 4.90 Å². The van der Waals surface area contributed by atoms with Crippen LogP contribution in [0.25, 0.3) is 0 Å². The third kappa shape index (κ3) is 2.77. The van der Waals surface area contributed by atoms with E-state index >= 15 is 0 Å². The van der Waals surface area contributed by atoms with Gasteiger partial charge >= 0.3 is 0 Å². The topological polar surface area (TPSA) is 15.7 Å². The van der Waals surface area contributed by atoms with Gasteiger partial charge in [-0.05, 0) is 37.9 Å². The zero-order valence-corrected chi connectivity index (χ0v) is 11.9. The molecule has 1 aromatic heterocycles. The molecule has 2 fully saturated rings. The summed E-state index contributed by atoms with van der Waals surface area (Å²) in [5.74, 6) is 0. The van der Waals surface area contributed by atoms with Crippen LogP contribution >= 0.6 is 11.3 Å². The molecular weight excluding hydrogens is 244 g/mol. The van der Waals surface area contributed by atoms with Crippen LogP contribution in [0.3, 0.4) is 0 Å². The molecule has 2 aliphatic rings. The minimum absolute atomic E-state index is 0.0997. The van der Waals surface area contributed by atoms with Crippen molar-refractivity contribution in [2.24, 2.45) is 0 Å². The summed E-state index contributed by atoms with van der Waals surface area (Å²) in [5.41, 5.74) is 0.0997. The monoisotopic (exact) mass is 266 g/mol. The maximum Gasteiger partial charge on any atom is 0.0935 e. The van der Waals surface area contributed by atoms with Crippen LogP contribution in [0.5, 0.6) is 0 Å². The first-order chi connectivity index (χ1) is 8.76. The quantitative estimate of drug-likeness (QED) is 0.815. The first kappa shape index (κ1) is 12.6. The average molecular weight is 266 g/mol. The van der Waals surface area contributed by atoms with Crippen LogP contribution in [0.15, 0.2) is 17.5 Å². The van der Waals surface area contributed by atoms with Gasteiger partial charge in [0.15, 0.2) is 0 Å². The molecule has 0 unspecified atom stereocenters. The Morgan fingerprint density at radius 2 is 2.33 bits per heavy atom. The Bertz CT molecular complexity index is 377. The lowest BCUT2D eigenvalue weighted by Crippen LogP contribution is -2.58. The van der Waals surface area contributed by atoms with Gasteiger partial charge in [0.2, 0.25) is 0 Å². The predicted molar refractivity (Wildman–Crippen MR) is 75.0 cm³/mol. The summed E-state index contributed by atoms with van der Waals surface area (Å²) in [6.45, 7) is 6.46. The van der Waals surface area contributed by atoms with Crippen LogP contribution in [0.1, 0.15) is 17.7 Å². The van der Waals surface area contributed by atoms with Gasteiger partial charge in [0, 0.05) is 31.1 Å². The Morgan fingerprint density at radius 1 is 1.39 bits per heavy atom. The average Bonchev–Trinajstić information content (AvgIpc) is 2.81. The van der Waals surface area contributed by atoms with Crippen LogP contribution in [0, 0.1) is 0 Å². The second-order valence-corrected chi connectivity index (χ2v) is 6.70. The van der Waals surface area contributed by atoms with Crippen LogP contribution in [-0.2, 0) is 11.3 Å². The molecule has 4 heteroatoms. The van der Waals surface area contributed by atoms with E-state index in [1.54, 1.807) is 0 Å². The summed E-state index contributed by atoms with van der Waals surface area (Å²) in [7, 11) is 2.21. The minimum atomic E-state index is 0.0997. The number of likely N-dealkylation sites (tertiary alicyclic amines) is 1. The molecule has 2 saturated heterocycles. The number of hydrogen-bond donors (Lipinski definition) is 0. The Kier molecular flexibility index (Phi) is 3.71. The van der Waals surface area contributed by atoms with Gasteiger partial charge in [0.05, 0.1) is 12.2 Å². The number of ether oxygens (including phenoxy) is 1. The van der Waals surface area contributed by atoms with Crippen molar-refractivity contribution in [1.82, 2.24) is 9.80 Å². The van der Waals surface area contributed by atoms with Gasteiger partial charge in [0.1, 0.15) is 0 Å². The molecule has 3 rings (SSSR count). The maximum atomic E-state index is 6.15. The van der Waals surface area contributed by atoms with Crippen LogP contribution in [0.2, 0.25) is 0 Å². The number of rotatable bonds is 2. The molecule has 0 bridgehead atoms. The smallest absolute Gasteiger partial charge is 0.0935 e. The van der Waals surface area contributed by atoms with Crippen molar-refractivity contribution in [3.8, 4) is 0 Å². The van der Waals surface area contributed by atoms with Crippen molar-refractivity contribution in [3.05, 3.63) is 22.4 Å². The zero-order valence-electron chi connectivity index (χ0n) is 11.1. The maximum absolute atomic E-state index is 6.15. The van der Waals surface area contributed by atoms with Gasteiger partial charge in [0.25, 0.3) is 0 Å². The Morgan fingerprint density at radius 3 is 3.11 bits per heavy atom. The lowest BCUT2D eigenvalue weighted by atomic mass is 9.91. The molecule has 1 atom stereocenters. The molecule has 0 amide bonds. The molecule has 0 N–H and O–H groups in total. The molecule has 100 valence electrons. The highest BCUT2D eigenvalue weighted by Crippen LogP contribution is 2.29.